The number of aryl methyl sites for hydroxylation is 2. The Kier molecular flexibility index (Phi) is 8.60. The highest BCUT2D eigenvalue weighted by atomic mass is 35.5. The van der Waals surface area contributed by atoms with Crippen molar-refractivity contribution in [3.8, 4) is 0 Å². The molecule has 2 heterocycles. The van der Waals surface area contributed by atoms with Crippen molar-refractivity contribution in [1.82, 2.24) is 20.1 Å². The van der Waals surface area contributed by atoms with Gasteiger partial charge in [-0.05, 0) is 99.3 Å². The Hall–Kier alpha value is -2.14. The zero-order chi connectivity index (χ0) is 23.0. The summed E-state index contributed by atoms with van der Waals surface area (Å²) in [6, 6.07) is 11.1. The molecule has 1 unspecified atom stereocenters. The van der Waals surface area contributed by atoms with E-state index >= 15 is 0 Å². The second kappa shape index (κ2) is 11.8. The van der Waals surface area contributed by atoms with Crippen LogP contribution in [0.15, 0.2) is 61.1 Å². The van der Waals surface area contributed by atoms with E-state index in [1.807, 2.05) is 6.20 Å². The smallest absolute Gasteiger partial charge is 0.0782 e. The van der Waals surface area contributed by atoms with E-state index in [0.717, 1.165) is 56.9 Å². The largest absolute Gasteiger partial charge is 0.368 e. The van der Waals surface area contributed by atoms with Crippen LogP contribution < -0.4 is 5.32 Å². The van der Waals surface area contributed by atoms with Gasteiger partial charge in [0.2, 0.25) is 0 Å². The number of aromatic nitrogens is 1. The minimum atomic E-state index is 0.223. The van der Waals surface area contributed by atoms with E-state index in [4.69, 9.17) is 16.6 Å². The number of allylic oxidation sites excluding steroid dienone is 1. The fraction of sp³-hybridized carbons (Fsp3) is 0.464. The Morgan fingerprint density at radius 2 is 1.97 bits per heavy atom. The topological polar surface area (TPSA) is 31.4 Å². The van der Waals surface area contributed by atoms with Crippen LogP contribution in [0.1, 0.15) is 61.0 Å². The van der Waals surface area contributed by atoms with Crippen molar-refractivity contribution in [1.29, 1.82) is 0 Å². The first-order chi connectivity index (χ1) is 16.2. The number of halogens is 1. The molecule has 1 atom stereocenters. The molecule has 176 valence electrons. The highest BCUT2D eigenvalue weighted by molar-refractivity contribution is 6.30. The molecule has 0 radical (unpaired) electrons. The summed E-state index contributed by atoms with van der Waals surface area (Å²) in [5.74, 6) is 0. The van der Waals surface area contributed by atoms with Gasteiger partial charge in [0, 0.05) is 37.4 Å². The lowest BCUT2D eigenvalue weighted by molar-refractivity contribution is 0.106. The maximum atomic E-state index is 6.38. The van der Waals surface area contributed by atoms with E-state index in [0.29, 0.717) is 0 Å². The fourth-order valence-corrected chi connectivity index (χ4v) is 5.40. The van der Waals surface area contributed by atoms with Gasteiger partial charge in [0.25, 0.3) is 0 Å². The normalized spacial score (nSPS) is 19.8. The average Bonchev–Trinajstić information content (AvgIpc) is 2.82. The Morgan fingerprint density at radius 3 is 2.79 bits per heavy atom. The van der Waals surface area contributed by atoms with Crippen molar-refractivity contribution >= 4 is 11.6 Å². The number of nitrogens with zero attached hydrogens (tertiary/aromatic N) is 3. The van der Waals surface area contributed by atoms with Crippen molar-refractivity contribution in [3.63, 3.8) is 0 Å². The molecule has 0 saturated carbocycles. The van der Waals surface area contributed by atoms with E-state index in [2.05, 4.69) is 65.2 Å². The third-order valence-electron chi connectivity index (χ3n) is 6.99. The van der Waals surface area contributed by atoms with Gasteiger partial charge < -0.3 is 10.2 Å². The van der Waals surface area contributed by atoms with Crippen molar-refractivity contribution in [3.05, 3.63) is 88.5 Å². The molecule has 0 spiro atoms. The number of pyridine rings is 1. The molecule has 0 amide bonds. The molecule has 1 aromatic heterocycles. The number of fused-ring (bicyclic) bond motifs is 2. The molecule has 33 heavy (non-hydrogen) atoms. The van der Waals surface area contributed by atoms with Crippen molar-refractivity contribution in [2.75, 3.05) is 32.7 Å². The van der Waals surface area contributed by atoms with Crippen LogP contribution in [-0.4, -0.2) is 47.5 Å². The van der Waals surface area contributed by atoms with Crippen molar-refractivity contribution in [2.24, 2.45) is 0 Å². The number of unbranched alkanes of at least 4 members (excludes halogenated alkanes) is 1. The molecule has 0 bridgehead atoms. The lowest BCUT2D eigenvalue weighted by Crippen LogP contribution is -2.48. The average molecular weight is 465 g/mol. The molecule has 1 N–H and O–H groups in total. The Bertz CT molecular complexity index is 962. The van der Waals surface area contributed by atoms with Crippen LogP contribution in [0.2, 0.25) is 5.02 Å². The van der Waals surface area contributed by atoms with Crippen LogP contribution in [0.3, 0.4) is 0 Å². The van der Waals surface area contributed by atoms with Crippen LogP contribution in [0.25, 0.3) is 0 Å². The van der Waals surface area contributed by atoms with Crippen molar-refractivity contribution < 1.29 is 0 Å². The number of rotatable bonds is 8. The third-order valence-corrected chi connectivity index (χ3v) is 7.23. The zero-order valence-electron chi connectivity index (χ0n) is 19.9. The lowest BCUT2D eigenvalue weighted by atomic mass is 9.87. The maximum Gasteiger partial charge on any atom is 0.0782 e. The second-order valence-corrected chi connectivity index (χ2v) is 9.78. The first-order valence-electron chi connectivity index (χ1n) is 12.4. The van der Waals surface area contributed by atoms with Gasteiger partial charge in [0.15, 0.2) is 0 Å². The van der Waals surface area contributed by atoms with E-state index in [9.17, 15) is 0 Å². The molecule has 1 aliphatic heterocycles. The minimum Gasteiger partial charge on any atom is -0.368 e. The Morgan fingerprint density at radius 1 is 1.15 bits per heavy atom. The lowest BCUT2D eigenvalue weighted by Gasteiger charge is -2.41. The SMILES string of the molecule is C=CN/C=C(\C)CCCCN1CCN(C2c3ccc(Cl)cc3CCCc3cccnc32)CC1. The highest BCUT2D eigenvalue weighted by Crippen LogP contribution is 2.36. The summed E-state index contributed by atoms with van der Waals surface area (Å²) in [6.07, 6.45) is 12.7. The van der Waals surface area contributed by atoms with Gasteiger partial charge in [-0.3, -0.25) is 9.88 Å². The van der Waals surface area contributed by atoms with Crippen LogP contribution in [-0.2, 0) is 12.8 Å². The van der Waals surface area contributed by atoms with Crippen LogP contribution in [0.5, 0.6) is 0 Å². The summed E-state index contributed by atoms with van der Waals surface area (Å²) in [4.78, 5) is 10.2. The minimum absolute atomic E-state index is 0.223. The molecule has 4 nitrogen and oxygen atoms in total. The van der Waals surface area contributed by atoms with E-state index in [1.165, 1.54) is 47.3 Å². The Balaban J connectivity index is 1.41. The molecular formula is C28H37ClN4. The maximum absolute atomic E-state index is 6.38. The molecule has 4 rings (SSSR count). The highest BCUT2D eigenvalue weighted by Gasteiger charge is 2.31. The number of hydrogen-bond donors (Lipinski definition) is 1. The first-order valence-corrected chi connectivity index (χ1v) is 12.7. The molecule has 1 saturated heterocycles. The quantitative estimate of drug-likeness (QED) is 0.505. The zero-order valence-corrected chi connectivity index (χ0v) is 20.7. The molecule has 1 aliphatic carbocycles. The fourth-order valence-electron chi connectivity index (χ4n) is 5.21. The predicted molar refractivity (Wildman–Crippen MR) is 139 cm³/mol. The summed E-state index contributed by atoms with van der Waals surface area (Å²) < 4.78 is 0. The van der Waals surface area contributed by atoms with Gasteiger partial charge >= 0.3 is 0 Å². The number of hydrogen-bond acceptors (Lipinski definition) is 4. The standard InChI is InChI=1S/C28H37ClN4/c1-3-30-21-22(2)8-4-5-15-32-16-18-33(19-17-32)28-26-13-12-25(29)20-24(26)10-6-9-23-11-7-14-31-27(23)28/h3,7,11-14,20-21,28,30H,1,4-6,8-10,15-19H2,2H3/b22-21+. The molecular weight excluding hydrogens is 428 g/mol. The van der Waals surface area contributed by atoms with E-state index < -0.39 is 0 Å². The molecule has 5 heteroatoms. The first kappa shape index (κ1) is 24.0. The summed E-state index contributed by atoms with van der Waals surface area (Å²) in [5.41, 5.74) is 6.81. The van der Waals surface area contributed by atoms with Gasteiger partial charge in [-0.1, -0.05) is 35.9 Å². The van der Waals surface area contributed by atoms with Crippen LogP contribution >= 0.6 is 11.6 Å². The van der Waals surface area contributed by atoms with Crippen LogP contribution in [0, 0.1) is 0 Å². The van der Waals surface area contributed by atoms with Gasteiger partial charge in [-0.25, -0.2) is 0 Å². The van der Waals surface area contributed by atoms with Crippen LogP contribution in [0.4, 0.5) is 0 Å². The number of piperazine rings is 1. The molecule has 2 aliphatic rings. The monoisotopic (exact) mass is 464 g/mol. The predicted octanol–water partition coefficient (Wildman–Crippen LogP) is 5.74. The summed E-state index contributed by atoms with van der Waals surface area (Å²) in [5, 5.41) is 3.91. The van der Waals surface area contributed by atoms with Gasteiger partial charge in [-0.15, -0.1) is 0 Å². The van der Waals surface area contributed by atoms with Crippen molar-refractivity contribution in [2.45, 2.75) is 51.5 Å². The molecule has 1 fully saturated rings. The summed E-state index contributed by atoms with van der Waals surface area (Å²) >= 11 is 6.38. The van der Waals surface area contributed by atoms with Gasteiger partial charge in [-0.2, -0.15) is 0 Å². The number of benzene rings is 1. The van der Waals surface area contributed by atoms with E-state index in [1.54, 1.807) is 6.20 Å². The number of nitrogens with one attached hydrogen (secondary N) is 1. The molecule has 2 aromatic rings. The Labute approximate surface area is 204 Å². The van der Waals surface area contributed by atoms with Gasteiger partial charge in [0.05, 0.1) is 11.7 Å². The second-order valence-electron chi connectivity index (χ2n) is 9.34. The third kappa shape index (κ3) is 6.26. The van der Waals surface area contributed by atoms with E-state index in [-0.39, 0.29) is 6.04 Å². The summed E-state index contributed by atoms with van der Waals surface area (Å²) in [7, 11) is 0. The van der Waals surface area contributed by atoms with Gasteiger partial charge in [0.1, 0.15) is 0 Å². The molecule has 1 aromatic carbocycles. The summed E-state index contributed by atoms with van der Waals surface area (Å²) in [6.45, 7) is 11.4.